The average molecular weight is 342 g/mol. The third-order valence-electron chi connectivity index (χ3n) is 4.80. The lowest BCUT2D eigenvalue weighted by Gasteiger charge is -2.20. The first-order chi connectivity index (χ1) is 12.7. The van der Waals surface area contributed by atoms with E-state index in [2.05, 4.69) is 46.6 Å². The van der Waals surface area contributed by atoms with E-state index in [-0.39, 0.29) is 5.91 Å². The Labute approximate surface area is 154 Å². The topological polar surface area (TPSA) is 32.3 Å². The van der Waals surface area contributed by atoms with Crippen LogP contribution in [-0.2, 0) is 17.6 Å². The van der Waals surface area contributed by atoms with Crippen LogP contribution in [0.4, 0.5) is 17.1 Å². The minimum atomic E-state index is 0.00914. The van der Waals surface area contributed by atoms with E-state index in [9.17, 15) is 4.79 Å². The zero-order valence-corrected chi connectivity index (χ0v) is 14.9. The highest BCUT2D eigenvalue weighted by molar-refractivity contribution is 5.92. The lowest BCUT2D eigenvalue weighted by molar-refractivity contribution is -0.115. The van der Waals surface area contributed by atoms with Crippen molar-refractivity contribution in [3.63, 3.8) is 0 Å². The van der Waals surface area contributed by atoms with Crippen molar-refractivity contribution in [2.45, 2.75) is 19.8 Å². The molecule has 0 saturated carbocycles. The first-order valence-corrected chi connectivity index (χ1v) is 9.00. The molecule has 3 aromatic carbocycles. The molecule has 0 fully saturated rings. The smallest absolute Gasteiger partial charge is 0.228 e. The van der Waals surface area contributed by atoms with E-state index in [0.717, 1.165) is 29.9 Å². The minimum Gasteiger partial charge on any atom is -0.341 e. The molecule has 130 valence electrons. The lowest BCUT2D eigenvalue weighted by atomic mass is 10.1. The fourth-order valence-electron chi connectivity index (χ4n) is 3.54. The Morgan fingerprint density at radius 3 is 2.62 bits per heavy atom. The largest absolute Gasteiger partial charge is 0.341 e. The SMILES string of the molecule is Cc1cccc(CC(=O)Nc2ccc(N3CCc4ccccc43)cc2)c1. The number of hydrogen-bond donors (Lipinski definition) is 1. The van der Waals surface area contributed by atoms with Crippen LogP contribution < -0.4 is 10.2 Å². The Balaban J connectivity index is 1.43. The van der Waals surface area contributed by atoms with Crippen molar-refractivity contribution in [1.82, 2.24) is 0 Å². The van der Waals surface area contributed by atoms with E-state index >= 15 is 0 Å². The summed E-state index contributed by atoms with van der Waals surface area (Å²) in [5, 5.41) is 2.99. The van der Waals surface area contributed by atoms with Crippen LogP contribution in [0.1, 0.15) is 16.7 Å². The Morgan fingerprint density at radius 1 is 1.00 bits per heavy atom. The molecule has 4 rings (SSSR count). The molecule has 0 spiro atoms. The van der Waals surface area contributed by atoms with Crippen molar-refractivity contribution < 1.29 is 4.79 Å². The number of carbonyl (C=O) groups excluding carboxylic acids is 1. The van der Waals surface area contributed by atoms with E-state index in [0.29, 0.717) is 6.42 Å². The summed E-state index contributed by atoms with van der Waals surface area (Å²) in [6.07, 6.45) is 1.47. The number of para-hydroxylation sites is 1. The van der Waals surface area contributed by atoms with Gasteiger partial charge in [0.15, 0.2) is 0 Å². The summed E-state index contributed by atoms with van der Waals surface area (Å²) in [5.74, 6) is 0.00914. The number of rotatable bonds is 4. The van der Waals surface area contributed by atoms with Gasteiger partial charge in [-0.15, -0.1) is 0 Å². The van der Waals surface area contributed by atoms with E-state index in [1.54, 1.807) is 0 Å². The number of aryl methyl sites for hydroxylation is 1. The number of hydrogen-bond acceptors (Lipinski definition) is 2. The second-order valence-corrected chi connectivity index (χ2v) is 6.79. The molecule has 0 atom stereocenters. The van der Waals surface area contributed by atoms with Crippen molar-refractivity contribution in [2.75, 3.05) is 16.8 Å². The normalized spacial score (nSPS) is 12.7. The molecule has 0 aliphatic carbocycles. The van der Waals surface area contributed by atoms with Gasteiger partial charge in [-0.25, -0.2) is 0 Å². The van der Waals surface area contributed by atoms with Gasteiger partial charge < -0.3 is 10.2 Å². The molecule has 0 unspecified atom stereocenters. The van der Waals surface area contributed by atoms with Gasteiger partial charge >= 0.3 is 0 Å². The van der Waals surface area contributed by atoms with Crippen LogP contribution in [0.3, 0.4) is 0 Å². The summed E-state index contributed by atoms with van der Waals surface area (Å²) in [6, 6.07) is 24.7. The molecule has 0 bridgehead atoms. The average Bonchev–Trinajstić information content (AvgIpc) is 3.06. The third kappa shape index (κ3) is 3.47. The van der Waals surface area contributed by atoms with Crippen molar-refractivity contribution >= 4 is 23.0 Å². The monoisotopic (exact) mass is 342 g/mol. The van der Waals surface area contributed by atoms with Gasteiger partial charge in [0.1, 0.15) is 0 Å². The highest BCUT2D eigenvalue weighted by Gasteiger charge is 2.19. The molecular formula is C23H22N2O. The van der Waals surface area contributed by atoms with Gasteiger partial charge in [-0.2, -0.15) is 0 Å². The van der Waals surface area contributed by atoms with Crippen LogP contribution in [0.25, 0.3) is 0 Å². The summed E-state index contributed by atoms with van der Waals surface area (Å²) in [6.45, 7) is 3.04. The van der Waals surface area contributed by atoms with Gasteiger partial charge in [-0.1, -0.05) is 48.0 Å². The Kier molecular flexibility index (Phi) is 4.44. The predicted octanol–water partition coefficient (Wildman–Crippen LogP) is 4.87. The lowest BCUT2D eigenvalue weighted by Crippen LogP contribution is -2.15. The van der Waals surface area contributed by atoms with Crippen LogP contribution in [0.15, 0.2) is 72.8 Å². The molecule has 3 nitrogen and oxygen atoms in total. The first kappa shape index (κ1) is 16.4. The van der Waals surface area contributed by atoms with Crippen molar-refractivity contribution in [2.24, 2.45) is 0 Å². The molecule has 3 heteroatoms. The molecule has 1 heterocycles. The second kappa shape index (κ2) is 7.04. The Bertz CT molecular complexity index is 931. The molecule has 1 amide bonds. The van der Waals surface area contributed by atoms with Crippen molar-refractivity contribution in [3.8, 4) is 0 Å². The van der Waals surface area contributed by atoms with Crippen LogP contribution in [0.2, 0.25) is 0 Å². The zero-order valence-electron chi connectivity index (χ0n) is 14.9. The summed E-state index contributed by atoms with van der Waals surface area (Å²) < 4.78 is 0. The summed E-state index contributed by atoms with van der Waals surface area (Å²) in [7, 11) is 0. The second-order valence-electron chi connectivity index (χ2n) is 6.79. The number of fused-ring (bicyclic) bond motifs is 1. The highest BCUT2D eigenvalue weighted by atomic mass is 16.1. The van der Waals surface area contributed by atoms with Gasteiger partial charge in [-0.3, -0.25) is 4.79 Å². The van der Waals surface area contributed by atoms with Crippen LogP contribution in [0.5, 0.6) is 0 Å². The van der Waals surface area contributed by atoms with Crippen LogP contribution in [-0.4, -0.2) is 12.5 Å². The molecule has 3 aromatic rings. The van der Waals surface area contributed by atoms with Crippen LogP contribution in [0, 0.1) is 6.92 Å². The maximum Gasteiger partial charge on any atom is 0.228 e. The fourth-order valence-corrected chi connectivity index (χ4v) is 3.54. The van der Waals surface area contributed by atoms with Gasteiger partial charge in [0, 0.05) is 23.6 Å². The van der Waals surface area contributed by atoms with Gasteiger partial charge in [0.2, 0.25) is 5.91 Å². The zero-order chi connectivity index (χ0) is 17.9. The predicted molar refractivity (Wildman–Crippen MR) is 107 cm³/mol. The van der Waals surface area contributed by atoms with E-state index in [1.165, 1.54) is 16.8 Å². The maximum absolute atomic E-state index is 12.3. The number of nitrogens with one attached hydrogen (secondary N) is 1. The molecule has 0 saturated heterocycles. The third-order valence-corrected chi connectivity index (χ3v) is 4.80. The fraction of sp³-hybridized carbons (Fsp3) is 0.174. The number of nitrogens with zero attached hydrogens (tertiary/aromatic N) is 1. The number of anilines is 3. The molecule has 26 heavy (non-hydrogen) atoms. The molecule has 0 radical (unpaired) electrons. The molecule has 1 N–H and O–H groups in total. The van der Waals surface area contributed by atoms with E-state index < -0.39 is 0 Å². The summed E-state index contributed by atoms with van der Waals surface area (Å²) >= 11 is 0. The maximum atomic E-state index is 12.3. The van der Waals surface area contributed by atoms with Gasteiger partial charge in [0.25, 0.3) is 0 Å². The van der Waals surface area contributed by atoms with E-state index in [1.807, 2.05) is 43.3 Å². The summed E-state index contributed by atoms with van der Waals surface area (Å²) in [5.41, 5.74) is 6.87. The Morgan fingerprint density at radius 2 is 1.81 bits per heavy atom. The standard InChI is InChI=1S/C23H22N2O/c1-17-5-4-6-18(15-17)16-23(26)24-20-9-11-21(12-10-20)25-14-13-19-7-2-3-8-22(19)25/h2-12,15H,13-14,16H2,1H3,(H,24,26). The molecule has 0 aromatic heterocycles. The van der Waals surface area contributed by atoms with Crippen molar-refractivity contribution in [1.29, 1.82) is 0 Å². The first-order valence-electron chi connectivity index (χ1n) is 9.00. The number of amides is 1. The minimum absolute atomic E-state index is 0.00914. The molecular weight excluding hydrogens is 320 g/mol. The van der Waals surface area contributed by atoms with Gasteiger partial charge in [0.05, 0.1) is 6.42 Å². The number of carbonyl (C=O) groups is 1. The van der Waals surface area contributed by atoms with Crippen molar-refractivity contribution in [3.05, 3.63) is 89.5 Å². The van der Waals surface area contributed by atoms with Gasteiger partial charge in [-0.05, 0) is 54.8 Å². The molecule has 1 aliphatic rings. The number of benzene rings is 3. The van der Waals surface area contributed by atoms with E-state index in [4.69, 9.17) is 0 Å². The molecule has 1 aliphatic heterocycles. The highest BCUT2D eigenvalue weighted by Crippen LogP contribution is 2.34. The summed E-state index contributed by atoms with van der Waals surface area (Å²) in [4.78, 5) is 14.6. The Hall–Kier alpha value is -3.07. The van der Waals surface area contributed by atoms with Crippen LogP contribution >= 0.6 is 0 Å². The quantitative estimate of drug-likeness (QED) is 0.733.